The number of rotatable bonds is 4. The zero-order chi connectivity index (χ0) is 13.7. The van der Waals surface area contributed by atoms with Gasteiger partial charge in [0.1, 0.15) is 0 Å². The van der Waals surface area contributed by atoms with Crippen LogP contribution in [0.3, 0.4) is 0 Å². The molecular formula is C15H21N3S. The highest BCUT2D eigenvalue weighted by Crippen LogP contribution is 2.40. The van der Waals surface area contributed by atoms with E-state index < -0.39 is 0 Å². The molecule has 102 valence electrons. The lowest BCUT2D eigenvalue weighted by Crippen LogP contribution is -2.26. The lowest BCUT2D eigenvalue weighted by Gasteiger charge is -2.31. The fourth-order valence-corrected chi connectivity index (χ4v) is 4.10. The summed E-state index contributed by atoms with van der Waals surface area (Å²) in [7, 11) is 0. The number of aryl methyl sites for hydroxylation is 1. The highest BCUT2D eigenvalue weighted by Gasteiger charge is 2.31. The monoisotopic (exact) mass is 275 g/mol. The van der Waals surface area contributed by atoms with Gasteiger partial charge in [-0.05, 0) is 38.2 Å². The van der Waals surface area contributed by atoms with E-state index >= 15 is 0 Å². The van der Waals surface area contributed by atoms with Gasteiger partial charge in [-0.25, -0.2) is 9.97 Å². The van der Waals surface area contributed by atoms with Crippen molar-refractivity contribution < 1.29 is 0 Å². The molecule has 0 bridgehead atoms. The molecule has 4 heteroatoms. The Kier molecular flexibility index (Phi) is 5.21. The molecule has 0 radical (unpaired) electrons. The summed E-state index contributed by atoms with van der Waals surface area (Å²) >= 11 is 1.70. The van der Waals surface area contributed by atoms with E-state index in [0.717, 1.165) is 29.6 Å². The number of hydrogen-bond acceptors (Lipinski definition) is 4. The standard InChI is InChI=1S/C15H21N3S/c1-3-4-12-5-6-13(10-16)14(9-12)19-15-17-8-7-11(2)18-15/h7-8,12-14H,3-6,9H2,1-2H3. The Morgan fingerprint density at radius 2 is 2.32 bits per heavy atom. The number of thioether (sulfide) groups is 1. The minimum Gasteiger partial charge on any atom is -0.231 e. The predicted molar refractivity (Wildman–Crippen MR) is 77.8 cm³/mol. The van der Waals surface area contributed by atoms with E-state index in [0.29, 0.717) is 5.25 Å². The van der Waals surface area contributed by atoms with Crippen LogP contribution in [-0.2, 0) is 0 Å². The van der Waals surface area contributed by atoms with Crippen molar-refractivity contribution in [2.75, 3.05) is 0 Å². The van der Waals surface area contributed by atoms with Crippen LogP contribution in [0, 0.1) is 30.1 Å². The van der Waals surface area contributed by atoms with Crippen LogP contribution in [0.4, 0.5) is 0 Å². The van der Waals surface area contributed by atoms with Crippen LogP contribution in [0.15, 0.2) is 17.4 Å². The van der Waals surface area contributed by atoms with Gasteiger partial charge in [0.15, 0.2) is 5.16 Å². The molecule has 3 nitrogen and oxygen atoms in total. The highest BCUT2D eigenvalue weighted by molar-refractivity contribution is 7.99. The summed E-state index contributed by atoms with van der Waals surface area (Å²) in [5.74, 6) is 0.930. The molecule has 1 saturated carbocycles. The molecule has 0 saturated heterocycles. The summed E-state index contributed by atoms with van der Waals surface area (Å²) in [6.45, 7) is 4.22. The van der Waals surface area contributed by atoms with Gasteiger partial charge in [0.05, 0.1) is 12.0 Å². The molecule has 0 amide bonds. The molecule has 3 atom stereocenters. The van der Waals surface area contributed by atoms with E-state index in [1.807, 2.05) is 13.0 Å². The van der Waals surface area contributed by atoms with Gasteiger partial charge >= 0.3 is 0 Å². The Balaban J connectivity index is 2.04. The second-order valence-corrected chi connectivity index (χ2v) is 6.55. The first-order valence-electron chi connectivity index (χ1n) is 7.08. The van der Waals surface area contributed by atoms with Crippen LogP contribution in [-0.4, -0.2) is 15.2 Å². The van der Waals surface area contributed by atoms with Crippen molar-refractivity contribution in [3.05, 3.63) is 18.0 Å². The lowest BCUT2D eigenvalue weighted by atomic mass is 9.80. The quantitative estimate of drug-likeness (QED) is 0.780. The van der Waals surface area contributed by atoms with Crippen molar-refractivity contribution in [2.24, 2.45) is 11.8 Å². The van der Waals surface area contributed by atoms with E-state index in [1.54, 1.807) is 18.0 Å². The number of nitrogens with zero attached hydrogens (tertiary/aromatic N) is 3. The molecule has 1 aromatic heterocycles. The molecule has 1 fully saturated rings. The van der Waals surface area contributed by atoms with Crippen LogP contribution in [0.2, 0.25) is 0 Å². The van der Waals surface area contributed by atoms with E-state index in [4.69, 9.17) is 0 Å². The Hall–Kier alpha value is -1.08. The normalized spacial score (nSPS) is 26.9. The third-order valence-corrected chi connectivity index (χ3v) is 5.02. The third kappa shape index (κ3) is 3.94. The van der Waals surface area contributed by atoms with Gasteiger partial charge in [0.25, 0.3) is 0 Å². The lowest BCUT2D eigenvalue weighted by molar-refractivity contribution is 0.306. The van der Waals surface area contributed by atoms with Crippen molar-refractivity contribution in [3.63, 3.8) is 0 Å². The SMILES string of the molecule is CCCC1CCC(C#N)C(Sc2nccc(C)n2)C1. The first kappa shape index (κ1) is 14.3. The van der Waals surface area contributed by atoms with Gasteiger partial charge < -0.3 is 0 Å². The van der Waals surface area contributed by atoms with E-state index in [9.17, 15) is 5.26 Å². The second kappa shape index (κ2) is 6.91. The zero-order valence-electron chi connectivity index (χ0n) is 11.7. The van der Waals surface area contributed by atoms with E-state index in [2.05, 4.69) is 23.0 Å². The zero-order valence-corrected chi connectivity index (χ0v) is 12.5. The molecular weight excluding hydrogens is 254 g/mol. The Labute approximate surface area is 119 Å². The minimum atomic E-state index is 0.155. The third-order valence-electron chi connectivity index (χ3n) is 3.79. The van der Waals surface area contributed by atoms with E-state index in [1.165, 1.54) is 19.3 Å². The van der Waals surface area contributed by atoms with Crippen LogP contribution in [0.5, 0.6) is 0 Å². The number of hydrogen-bond donors (Lipinski definition) is 0. The average molecular weight is 275 g/mol. The predicted octanol–water partition coefficient (Wildman–Crippen LogP) is 3.99. The van der Waals surface area contributed by atoms with Crippen molar-refractivity contribution in [1.82, 2.24) is 9.97 Å². The summed E-state index contributed by atoms with van der Waals surface area (Å²) in [6, 6.07) is 4.38. The summed E-state index contributed by atoms with van der Waals surface area (Å²) in [5, 5.41) is 10.5. The Bertz CT molecular complexity index is 455. The maximum absolute atomic E-state index is 9.31. The van der Waals surface area contributed by atoms with E-state index in [-0.39, 0.29) is 5.92 Å². The van der Waals surface area contributed by atoms with Gasteiger partial charge in [-0.1, -0.05) is 31.5 Å². The fraction of sp³-hybridized carbons (Fsp3) is 0.667. The summed E-state index contributed by atoms with van der Waals surface area (Å²) in [5.41, 5.74) is 0.993. The largest absolute Gasteiger partial charge is 0.231 e. The maximum Gasteiger partial charge on any atom is 0.188 e. The summed E-state index contributed by atoms with van der Waals surface area (Å²) in [6.07, 6.45) is 7.69. The van der Waals surface area contributed by atoms with Gasteiger partial charge in [0.2, 0.25) is 0 Å². The molecule has 1 aromatic rings. The first-order chi connectivity index (χ1) is 9.22. The van der Waals surface area contributed by atoms with Gasteiger partial charge in [-0.2, -0.15) is 5.26 Å². The Morgan fingerprint density at radius 1 is 1.47 bits per heavy atom. The second-order valence-electron chi connectivity index (χ2n) is 5.34. The van der Waals surface area contributed by atoms with Crippen molar-refractivity contribution in [1.29, 1.82) is 5.26 Å². The summed E-state index contributed by atoms with van der Waals surface area (Å²) in [4.78, 5) is 8.77. The molecule has 0 spiro atoms. The smallest absolute Gasteiger partial charge is 0.188 e. The molecule has 0 aromatic carbocycles. The van der Waals surface area contributed by atoms with Crippen LogP contribution in [0.1, 0.15) is 44.7 Å². The molecule has 19 heavy (non-hydrogen) atoms. The molecule has 1 heterocycles. The minimum absolute atomic E-state index is 0.155. The van der Waals surface area contributed by atoms with Crippen LogP contribution < -0.4 is 0 Å². The molecule has 1 aliphatic carbocycles. The van der Waals surface area contributed by atoms with Gasteiger partial charge in [0, 0.05) is 17.1 Å². The molecule has 1 aliphatic rings. The van der Waals surface area contributed by atoms with Crippen LogP contribution >= 0.6 is 11.8 Å². The van der Waals surface area contributed by atoms with Crippen molar-refractivity contribution in [3.8, 4) is 6.07 Å². The molecule has 0 N–H and O–H groups in total. The van der Waals surface area contributed by atoms with Gasteiger partial charge in [-0.3, -0.25) is 0 Å². The van der Waals surface area contributed by atoms with Gasteiger partial charge in [-0.15, -0.1) is 0 Å². The number of aromatic nitrogens is 2. The maximum atomic E-state index is 9.31. The number of nitriles is 1. The molecule has 2 rings (SSSR count). The summed E-state index contributed by atoms with van der Waals surface area (Å²) < 4.78 is 0. The van der Waals surface area contributed by atoms with Crippen molar-refractivity contribution >= 4 is 11.8 Å². The topological polar surface area (TPSA) is 49.6 Å². The molecule has 0 aliphatic heterocycles. The fourth-order valence-electron chi connectivity index (χ4n) is 2.78. The van der Waals surface area contributed by atoms with Crippen molar-refractivity contribution in [2.45, 2.75) is 56.4 Å². The highest BCUT2D eigenvalue weighted by atomic mass is 32.2. The van der Waals surface area contributed by atoms with Crippen LogP contribution in [0.25, 0.3) is 0 Å². The Morgan fingerprint density at radius 3 is 3.00 bits per heavy atom. The average Bonchev–Trinajstić information content (AvgIpc) is 2.39. The first-order valence-corrected chi connectivity index (χ1v) is 7.96. The molecule has 3 unspecified atom stereocenters.